The van der Waals surface area contributed by atoms with Crippen molar-refractivity contribution in [1.29, 1.82) is 0 Å². The first kappa shape index (κ1) is 18.3. The van der Waals surface area contributed by atoms with Crippen LogP contribution < -0.4 is 16.0 Å². The summed E-state index contributed by atoms with van der Waals surface area (Å²) in [5, 5.41) is 8.23. The van der Waals surface area contributed by atoms with Gasteiger partial charge in [-0.25, -0.2) is 4.39 Å². The molecule has 0 saturated carbocycles. The van der Waals surface area contributed by atoms with Crippen LogP contribution in [0.25, 0.3) is 0 Å². The molecule has 8 heteroatoms. The number of amides is 2. The average molecular weight is 332 g/mol. The molecule has 1 unspecified atom stereocenters. The second-order valence-electron chi connectivity index (χ2n) is 4.85. The lowest BCUT2D eigenvalue weighted by atomic mass is 10.2. The number of hydrogen-bond donors (Lipinski definition) is 3. The summed E-state index contributed by atoms with van der Waals surface area (Å²) in [6.07, 6.45) is 0.271. The fourth-order valence-corrected chi connectivity index (χ4v) is 2.08. The predicted octanol–water partition coefficient (Wildman–Crippen LogP) is 1.52. The Kier molecular flexibility index (Phi) is 7.23. The van der Waals surface area contributed by atoms with Gasteiger partial charge >= 0.3 is 0 Å². The predicted molar refractivity (Wildman–Crippen MR) is 83.8 cm³/mol. The van der Waals surface area contributed by atoms with Gasteiger partial charge in [-0.05, 0) is 18.2 Å². The second-order valence-corrected chi connectivity index (χ2v) is 4.85. The van der Waals surface area contributed by atoms with Gasteiger partial charge in [0.15, 0.2) is 0 Å². The Hall–Kier alpha value is -1.70. The molecule has 0 bridgehead atoms. The van der Waals surface area contributed by atoms with Gasteiger partial charge in [-0.2, -0.15) is 0 Å². The zero-order valence-electron chi connectivity index (χ0n) is 12.1. The second kappa shape index (κ2) is 8.67. The van der Waals surface area contributed by atoms with Gasteiger partial charge in [-0.3, -0.25) is 9.59 Å². The van der Waals surface area contributed by atoms with E-state index in [1.54, 1.807) is 0 Å². The number of rotatable bonds is 4. The Labute approximate surface area is 134 Å². The maximum absolute atomic E-state index is 13.5. The fraction of sp³-hybridized carbons (Fsp3) is 0.429. The van der Waals surface area contributed by atoms with Gasteiger partial charge in [-0.1, -0.05) is 0 Å². The van der Waals surface area contributed by atoms with Crippen molar-refractivity contribution in [3.63, 3.8) is 0 Å². The summed E-state index contributed by atoms with van der Waals surface area (Å²) in [6, 6.07) is 4.01. The summed E-state index contributed by atoms with van der Waals surface area (Å²) in [6.45, 7) is 3.16. The van der Waals surface area contributed by atoms with Gasteiger partial charge in [0.25, 0.3) is 0 Å². The van der Waals surface area contributed by atoms with Crippen LogP contribution in [-0.2, 0) is 14.3 Å². The van der Waals surface area contributed by atoms with Crippen LogP contribution in [0.4, 0.5) is 15.8 Å². The zero-order chi connectivity index (χ0) is 15.2. The van der Waals surface area contributed by atoms with E-state index < -0.39 is 5.82 Å². The van der Waals surface area contributed by atoms with Gasteiger partial charge in [0.2, 0.25) is 11.8 Å². The molecule has 2 rings (SSSR count). The molecule has 122 valence electrons. The molecule has 0 aromatic heterocycles. The number of morpholine rings is 1. The summed E-state index contributed by atoms with van der Waals surface area (Å²) in [5.74, 6) is -1.12. The average Bonchev–Trinajstić information content (AvgIpc) is 2.43. The van der Waals surface area contributed by atoms with Crippen LogP contribution >= 0.6 is 12.4 Å². The number of ether oxygens (including phenoxy) is 1. The molecule has 1 aliphatic rings. The van der Waals surface area contributed by atoms with E-state index in [-0.39, 0.29) is 42.4 Å². The molecular formula is C14H19ClFN3O3. The zero-order valence-corrected chi connectivity index (χ0v) is 13.0. The number of benzene rings is 1. The van der Waals surface area contributed by atoms with E-state index in [1.807, 2.05) is 0 Å². The van der Waals surface area contributed by atoms with Crippen LogP contribution in [-0.4, -0.2) is 37.6 Å². The van der Waals surface area contributed by atoms with Crippen molar-refractivity contribution in [1.82, 2.24) is 5.32 Å². The Morgan fingerprint density at radius 1 is 1.41 bits per heavy atom. The first-order valence-corrected chi connectivity index (χ1v) is 6.72. The van der Waals surface area contributed by atoms with E-state index in [0.717, 1.165) is 6.54 Å². The van der Waals surface area contributed by atoms with Gasteiger partial charge in [0.1, 0.15) is 5.82 Å². The summed E-state index contributed by atoms with van der Waals surface area (Å²) in [7, 11) is 0. The van der Waals surface area contributed by atoms with Crippen molar-refractivity contribution >= 4 is 35.6 Å². The van der Waals surface area contributed by atoms with E-state index in [1.165, 1.54) is 25.1 Å². The maximum Gasteiger partial charge on any atom is 0.226 e. The van der Waals surface area contributed by atoms with Crippen molar-refractivity contribution in [2.75, 3.05) is 30.4 Å². The molecule has 6 nitrogen and oxygen atoms in total. The molecule has 1 heterocycles. The minimum absolute atomic E-state index is 0. The normalized spacial score (nSPS) is 17.3. The highest BCUT2D eigenvalue weighted by Crippen LogP contribution is 2.20. The highest BCUT2D eigenvalue weighted by molar-refractivity contribution is 5.93. The number of halogens is 2. The number of hydrogen-bond acceptors (Lipinski definition) is 4. The molecule has 1 aliphatic heterocycles. The summed E-state index contributed by atoms with van der Waals surface area (Å²) in [4.78, 5) is 22.9. The van der Waals surface area contributed by atoms with Gasteiger partial charge < -0.3 is 20.7 Å². The maximum atomic E-state index is 13.5. The number of carbonyl (C=O) groups is 2. The number of anilines is 2. The van der Waals surface area contributed by atoms with Crippen LogP contribution in [0.2, 0.25) is 0 Å². The third kappa shape index (κ3) is 5.59. The van der Waals surface area contributed by atoms with Gasteiger partial charge in [-0.15, -0.1) is 12.4 Å². The van der Waals surface area contributed by atoms with Crippen molar-refractivity contribution < 1.29 is 18.7 Å². The largest absolute Gasteiger partial charge is 0.378 e. The van der Waals surface area contributed by atoms with Crippen molar-refractivity contribution in [2.24, 2.45) is 0 Å². The monoisotopic (exact) mass is 331 g/mol. The molecule has 1 aromatic rings. The number of carbonyl (C=O) groups excluding carboxylic acids is 2. The Morgan fingerprint density at radius 2 is 2.18 bits per heavy atom. The van der Waals surface area contributed by atoms with Gasteiger partial charge in [0, 0.05) is 31.6 Å². The molecule has 0 aliphatic carbocycles. The van der Waals surface area contributed by atoms with Crippen molar-refractivity contribution in [2.45, 2.75) is 19.4 Å². The van der Waals surface area contributed by atoms with E-state index >= 15 is 0 Å². The fourth-order valence-electron chi connectivity index (χ4n) is 2.08. The molecule has 1 atom stereocenters. The van der Waals surface area contributed by atoms with Crippen LogP contribution in [0.3, 0.4) is 0 Å². The highest BCUT2D eigenvalue weighted by Gasteiger charge is 2.17. The van der Waals surface area contributed by atoms with Crippen LogP contribution in [0.5, 0.6) is 0 Å². The molecule has 2 amide bonds. The van der Waals surface area contributed by atoms with Gasteiger partial charge in [0.05, 0.1) is 18.9 Å². The van der Waals surface area contributed by atoms with Crippen LogP contribution in [0.15, 0.2) is 18.2 Å². The first-order valence-electron chi connectivity index (χ1n) is 6.72. The summed E-state index contributed by atoms with van der Waals surface area (Å²) in [5.41, 5.74) is 0.473. The van der Waals surface area contributed by atoms with Crippen LogP contribution in [0, 0.1) is 5.82 Å². The lowest BCUT2D eigenvalue weighted by Crippen LogP contribution is -2.43. The molecule has 1 aromatic carbocycles. The minimum Gasteiger partial charge on any atom is -0.378 e. The Balaban J connectivity index is 0.00000242. The Bertz CT molecular complexity index is 536. The van der Waals surface area contributed by atoms with E-state index in [0.29, 0.717) is 18.9 Å². The lowest BCUT2D eigenvalue weighted by molar-refractivity contribution is -0.117. The molecule has 3 N–H and O–H groups in total. The van der Waals surface area contributed by atoms with E-state index in [4.69, 9.17) is 4.74 Å². The Morgan fingerprint density at radius 3 is 2.82 bits per heavy atom. The molecule has 0 spiro atoms. The summed E-state index contributed by atoms with van der Waals surface area (Å²) < 4.78 is 18.8. The topological polar surface area (TPSA) is 79.5 Å². The molecular weight excluding hydrogens is 313 g/mol. The minimum atomic E-state index is -0.550. The van der Waals surface area contributed by atoms with Crippen molar-refractivity contribution in [3.05, 3.63) is 24.0 Å². The lowest BCUT2D eigenvalue weighted by Gasteiger charge is -2.23. The smallest absolute Gasteiger partial charge is 0.226 e. The number of nitrogens with one attached hydrogen (secondary N) is 3. The van der Waals surface area contributed by atoms with E-state index in [9.17, 15) is 14.0 Å². The third-order valence-corrected chi connectivity index (χ3v) is 2.99. The standard InChI is InChI=1S/C14H18FN3O3.ClH/c1-9(19)17-13-6-10(2-3-12(13)15)18-14(20)7-11-8-21-5-4-16-11;/h2-3,6,11,16H,4-5,7-8H2,1H3,(H,17,19)(H,18,20);1H. The first-order chi connectivity index (χ1) is 10.0. The third-order valence-electron chi connectivity index (χ3n) is 2.99. The van der Waals surface area contributed by atoms with Crippen LogP contribution in [0.1, 0.15) is 13.3 Å². The molecule has 1 fully saturated rings. The SMILES string of the molecule is CC(=O)Nc1cc(NC(=O)CC2COCCN2)ccc1F.Cl. The molecule has 0 radical (unpaired) electrons. The van der Waals surface area contributed by atoms with Crippen molar-refractivity contribution in [3.8, 4) is 0 Å². The highest BCUT2D eigenvalue weighted by atomic mass is 35.5. The van der Waals surface area contributed by atoms with E-state index in [2.05, 4.69) is 16.0 Å². The summed E-state index contributed by atoms with van der Waals surface area (Å²) >= 11 is 0. The molecule has 1 saturated heterocycles. The molecule has 22 heavy (non-hydrogen) atoms. The quantitative estimate of drug-likeness (QED) is 0.781.